The van der Waals surface area contributed by atoms with Gasteiger partial charge in [-0.15, -0.1) is 0 Å². The van der Waals surface area contributed by atoms with E-state index in [1.807, 2.05) is 23.1 Å². The molecule has 3 saturated heterocycles. The topological polar surface area (TPSA) is 61.9 Å². The second-order valence-corrected chi connectivity index (χ2v) is 6.52. The SMILES string of the molecule is O=C1OCCN1CC(=O)N1C[C@@H]2CNC[C@@H]2[C@@H]1c1ccccc1. The second kappa shape index (κ2) is 5.85. The Morgan fingerprint density at radius 1 is 1.26 bits per heavy atom. The third-order valence-corrected chi connectivity index (χ3v) is 5.20. The number of benzene rings is 1. The van der Waals surface area contributed by atoms with E-state index in [9.17, 15) is 9.59 Å². The number of carbonyl (C=O) groups excluding carboxylic acids is 2. The molecule has 6 heteroatoms. The van der Waals surface area contributed by atoms with E-state index in [-0.39, 0.29) is 24.6 Å². The maximum Gasteiger partial charge on any atom is 0.410 e. The highest BCUT2D eigenvalue weighted by Crippen LogP contribution is 2.42. The number of rotatable bonds is 3. The standard InChI is InChI=1S/C17H21N3O3/c21-15(11-19-6-7-23-17(19)22)20-10-13-8-18-9-14(13)16(20)12-4-2-1-3-5-12/h1-5,13-14,16,18H,6-11H2/t13-,14-,16-/m0/s1. The molecule has 122 valence electrons. The van der Waals surface area contributed by atoms with Gasteiger partial charge in [0.2, 0.25) is 5.91 Å². The molecule has 0 radical (unpaired) electrons. The number of ether oxygens (including phenoxy) is 1. The Labute approximate surface area is 135 Å². The van der Waals surface area contributed by atoms with Crippen molar-refractivity contribution in [1.82, 2.24) is 15.1 Å². The van der Waals surface area contributed by atoms with Crippen LogP contribution in [0.4, 0.5) is 4.79 Å². The minimum absolute atomic E-state index is 0.0205. The van der Waals surface area contributed by atoms with Gasteiger partial charge in [-0.3, -0.25) is 9.69 Å². The van der Waals surface area contributed by atoms with Crippen LogP contribution in [0.5, 0.6) is 0 Å². The highest BCUT2D eigenvalue weighted by atomic mass is 16.6. The van der Waals surface area contributed by atoms with Gasteiger partial charge in [-0.2, -0.15) is 0 Å². The number of likely N-dealkylation sites (tertiary alicyclic amines) is 1. The number of nitrogens with zero attached hydrogens (tertiary/aromatic N) is 2. The van der Waals surface area contributed by atoms with Gasteiger partial charge in [0.05, 0.1) is 12.6 Å². The van der Waals surface area contributed by atoms with Crippen LogP contribution in [0.2, 0.25) is 0 Å². The van der Waals surface area contributed by atoms with Crippen LogP contribution >= 0.6 is 0 Å². The van der Waals surface area contributed by atoms with E-state index < -0.39 is 0 Å². The summed E-state index contributed by atoms with van der Waals surface area (Å²) in [6.45, 7) is 3.67. The van der Waals surface area contributed by atoms with Crippen LogP contribution in [0.25, 0.3) is 0 Å². The van der Waals surface area contributed by atoms with Gasteiger partial charge in [-0.1, -0.05) is 30.3 Å². The molecule has 3 aliphatic heterocycles. The molecule has 6 nitrogen and oxygen atoms in total. The van der Waals surface area contributed by atoms with Crippen LogP contribution in [-0.2, 0) is 9.53 Å². The zero-order valence-electron chi connectivity index (χ0n) is 13.0. The lowest BCUT2D eigenvalue weighted by atomic mass is 9.89. The fourth-order valence-corrected chi connectivity index (χ4v) is 4.08. The monoisotopic (exact) mass is 315 g/mol. The first-order valence-electron chi connectivity index (χ1n) is 8.21. The van der Waals surface area contributed by atoms with Crippen molar-refractivity contribution in [3.63, 3.8) is 0 Å². The molecule has 23 heavy (non-hydrogen) atoms. The van der Waals surface area contributed by atoms with E-state index in [0.29, 0.717) is 25.0 Å². The summed E-state index contributed by atoms with van der Waals surface area (Å²) in [6.07, 6.45) is -0.379. The average molecular weight is 315 g/mol. The third-order valence-electron chi connectivity index (χ3n) is 5.20. The summed E-state index contributed by atoms with van der Waals surface area (Å²) in [5.74, 6) is 0.966. The predicted molar refractivity (Wildman–Crippen MR) is 83.7 cm³/mol. The van der Waals surface area contributed by atoms with E-state index in [2.05, 4.69) is 17.4 Å². The van der Waals surface area contributed by atoms with E-state index in [0.717, 1.165) is 19.6 Å². The van der Waals surface area contributed by atoms with E-state index in [4.69, 9.17) is 4.74 Å². The Balaban J connectivity index is 1.56. The molecular formula is C17H21N3O3. The van der Waals surface area contributed by atoms with E-state index in [1.165, 1.54) is 10.5 Å². The number of hydrogen-bond donors (Lipinski definition) is 1. The summed E-state index contributed by atoms with van der Waals surface area (Å²) in [5.41, 5.74) is 1.18. The van der Waals surface area contributed by atoms with Crippen LogP contribution < -0.4 is 5.32 Å². The van der Waals surface area contributed by atoms with Crippen molar-refractivity contribution in [2.75, 3.05) is 39.3 Å². The largest absolute Gasteiger partial charge is 0.448 e. The Hall–Kier alpha value is -2.08. The lowest BCUT2D eigenvalue weighted by Gasteiger charge is -2.29. The smallest absolute Gasteiger partial charge is 0.410 e. The van der Waals surface area contributed by atoms with E-state index >= 15 is 0 Å². The Bertz CT molecular complexity index is 606. The maximum absolute atomic E-state index is 12.8. The first kappa shape index (κ1) is 14.5. The molecule has 3 fully saturated rings. The molecule has 4 rings (SSSR count). The summed E-state index contributed by atoms with van der Waals surface area (Å²) >= 11 is 0. The zero-order valence-corrected chi connectivity index (χ0v) is 13.0. The zero-order chi connectivity index (χ0) is 15.8. The summed E-state index contributed by atoms with van der Waals surface area (Å²) in [7, 11) is 0. The van der Waals surface area contributed by atoms with Gasteiger partial charge in [-0.25, -0.2) is 4.79 Å². The van der Waals surface area contributed by atoms with Gasteiger partial charge in [0.15, 0.2) is 0 Å². The highest BCUT2D eigenvalue weighted by Gasteiger charge is 2.47. The normalized spacial score (nSPS) is 29.7. The van der Waals surface area contributed by atoms with Crippen molar-refractivity contribution >= 4 is 12.0 Å². The molecular weight excluding hydrogens is 294 g/mol. The van der Waals surface area contributed by atoms with Gasteiger partial charge in [0.25, 0.3) is 0 Å². The van der Waals surface area contributed by atoms with Gasteiger partial charge >= 0.3 is 6.09 Å². The summed E-state index contributed by atoms with van der Waals surface area (Å²) in [4.78, 5) is 27.9. The number of nitrogens with one attached hydrogen (secondary N) is 1. The first-order chi connectivity index (χ1) is 11.2. The molecule has 0 aliphatic carbocycles. The lowest BCUT2D eigenvalue weighted by molar-refractivity contribution is -0.133. The second-order valence-electron chi connectivity index (χ2n) is 6.52. The number of carbonyl (C=O) groups is 2. The van der Waals surface area contributed by atoms with Gasteiger partial charge in [0.1, 0.15) is 13.2 Å². The summed E-state index contributed by atoms with van der Waals surface area (Å²) < 4.78 is 4.92. The van der Waals surface area contributed by atoms with E-state index in [1.54, 1.807) is 0 Å². The van der Waals surface area contributed by atoms with Crippen molar-refractivity contribution < 1.29 is 14.3 Å². The highest BCUT2D eigenvalue weighted by molar-refractivity contribution is 5.83. The fourth-order valence-electron chi connectivity index (χ4n) is 4.08. The van der Waals surface area contributed by atoms with Gasteiger partial charge in [-0.05, 0) is 11.5 Å². The van der Waals surface area contributed by atoms with Crippen molar-refractivity contribution in [2.24, 2.45) is 11.8 Å². The number of cyclic esters (lactones) is 1. The summed E-state index contributed by atoms with van der Waals surface area (Å²) in [6, 6.07) is 10.3. The molecule has 0 bridgehead atoms. The fraction of sp³-hybridized carbons (Fsp3) is 0.529. The van der Waals surface area contributed by atoms with Gasteiger partial charge in [0, 0.05) is 25.6 Å². The molecule has 3 atom stereocenters. The first-order valence-corrected chi connectivity index (χ1v) is 8.21. The molecule has 3 aliphatic rings. The molecule has 0 saturated carbocycles. The molecule has 1 aromatic carbocycles. The number of fused-ring (bicyclic) bond motifs is 1. The molecule has 2 amide bonds. The summed E-state index contributed by atoms with van der Waals surface area (Å²) in [5, 5.41) is 3.44. The number of hydrogen-bond acceptors (Lipinski definition) is 4. The molecule has 0 spiro atoms. The van der Waals surface area contributed by atoms with Crippen molar-refractivity contribution in [2.45, 2.75) is 6.04 Å². The Morgan fingerprint density at radius 2 is 2.09 bits per heavy atom. The van der Waals surface area contributed by atoms with Crippen LogP contribution in [0.15, 0.2) is 30.3 Å². The number of amides is 2. The maximum atomic E-state index is 12.8. The molecule has 3 heterocycles. The van der Waals surface area contributed by atoms with Crippen LogP contribution in [0.3, 0.4) is 0 Å². The minimum atomic E-state index is -0.379. The molecule has 0 unspecified atom stereocenters. The quantitative estimate of drug-likeness (QED) is 0.898. The van der Waals surface area contributed by atoms with Crippen LogP contribution in [0.1, 0.15) is 11.6 Å². The van der Waals surface area contributed by atoms with Crippen molar-refractivity contribution in [3.05, 3.63) is 35.9 Å². The molecule has 1 aromatic rings. The third kappa shape index (κ3) is 2.57. The lowest BCUT2D eigenvalue weighted by Crippen LogP contribution is -2.42. The van der Waals surface area contributed by atoms with Crippen molar-refractivity contribution in [3.8, 4) is 0 Å². The molecule has 0 aromatic heterocycles. The average Bonchev–Trinajstić information content (AvgIpc) is 3.24. The van der Waals surface area contributed by atoms with Crippen LogP contribution in [-0.4, -0.2) is 61.1 Å². The van der Waals surface area contributed by atoms with Crippen molar-refractivity contribution in [1.29, 1.82) is 0 Å². The Morgan fingerprint density at radius 3 is 2.83 bits per heavy atom. The minimum Gasteiger partial charge on any atom is -0.448 e. The van der Waals surface area contributed by atoms with Gasteiger partial charge < -0.3 is 15.0 Å². The molecule has 1 N–H and O–H groups in total. The van der Waals surface area contributed by atoms with Crippen LogP contribution in [0, 0.1) is 11.8 Å². The Kier molecular flexibility index (Phi) is 3.69. The predicted octanol–water partition coefficient (Wildman–Crippen LogP) is 0.858.